The lowest BCUT2D eigenvalue weighted by atomic mass is 10.0. The maximum atomic E-state index is 4.48. The van der Waals surface area contributed by atoms with E-state index in [0.717, 1.165) is 55.7 Å². The highest BCUT2D eigenvalue weighted by Crippen LogP contribution is 2.17. The maximum absolute atomic E-state index is 4.48. The molecule has 25 heavy (non-hydrogen) atoms. The van der Waals surface area contributed by atoms with E-state index in [4.69, 9.17) is 0 Å². The summed E-state index contributed by atoms with van der Waals surface area (Å²) >= 11 is 3.53. The van der Waals surface area contributed by atoms with Gasteiger partial charge < -0.3 is 10.6 Å². The van der Waals surface area contributed by atoms with Gasteiger partial charge in [-0.15, -0.1) is 11.3 Å². The van der Waals surface area contributed by atoms with E-state index in [2.05, 4.69) is 56.2 Å². The van der Waals surface area contributed by atoms with Gasteiger partial charge in [-0.3, -0.25) is 9.89 Å². The first-order chi connectivity index (χ1) is 12.1. The lowest BCUT2D eigenvalue weighted by Crippen LogP contribution is -2.48. The van der Waals surface area contributed by atoms with Crippen molar-refractivity contribution in [1.29, 1.82) is 0 Å². The SMILES string of the molecule is CN=C(NCc1sc(C)nc1C)NC1CCN(Cc2ccsc2)CC1. The summed E-state index contributed by atoms with van der Waals surface area (Å²) in [4.78, 5) is 12.7. The smallest absolute Gasteiger partial charge is 0.191 e. The third-order valence-corrected chi connectivity index (χ3v) is 6.36. The molecule has 3 heterocycles. The minimum Gasteiger partial charge on any atom is -0.354 e. The van der Waals surface area contributed by atoms with Crippen molar-refractivity contribution in [2.24, 2.45) is 4.99 Å². The summed E-state index contributed by atoms with van der Waals surface area (Å²) in [6, 6.07) is 2.72. The van der Waals surface area contributed by atoms with Crippen LogP contribution in [0.25, 0.3) is 0 Å². The van der Waals surface area contributed by atoms with E-state index in [0.29, 0.717) is 6.04 Å². The molecule has 0 bridgehead atoms. The molecule has 1 aliphatic heterocycles. The average Bonchev–Trinajstić information content (AvgIpc) is 3.22. The molecule has 0 atom stereocenters. The third kappa shape index (κ3) is 5.26. The second kappa shape index (κ2) is 8.78. The Labute approximate surface area is 158 Å². The van der Waals surface area contributed by atoms with Crippen molar-refractivity contribution in [2.75, 3.05) is 20.1 Å². The highest BCUT2D eigenvalue weighted by atomic mass is 32.1. The van der Waals surface area contributed by atoms with E-state index < -0.39 is 0 Å². The minimum atomic E-state index is 0.495. The van der Waals surface area contributed by atoms with Crippen molar-refractivity contribution in [3.8, 4) is 0 Å². The predicted molar refractivity (Wildman–Crippen MR) is 108 cm³/mol. The minimum absolute atomic E-state index is 0.495. The van der Waals surface area contributed by atoms with Gasteiger partial charge in [0.1, 0.15) is 0 Å². The van der Waals surface area contributed by atoms with E-state index in [9.17, 15) is 0 Å². The van der Waals surface area contributed by atoms with Crippen LogP contribution in [-0.2, 0) is 13.1 Å². The van der Waals surface area contributed by atoms with E-state index in [1.54, 1.807) is 22.7 Å². The molecule has 0 spiro atoms. The summed E-state index contributed by atoms with van der Waals surface area (Å²) in [5.74, 6) is 0.890. The molecule has 1 aliphatic rings. The van der Waals surface area contributed by atoms with Crippen LogP contribution in [0.5, 0.6) is 0 Å². The molecular weight excluding hydrogens is 350 g/mol. The Bertz CT molecular complexity index is 684. The molecule has 0 radical (unpaired) electrons. The third-order valence-electron chi connectivity index (χ3n) is 4.55. The zero-order chi connectivity index (χ0) is 17.6. The van der Waals surface area contributed by atoms with Gasteiger partial charge in [-0.05, 0) is 49.1 Å². The normalized spacial score (nSPS) is 17.0. The van der Waals surface area contributed by atoms with Gasteiger partial charge in [-0.1, -0.05) is 0 Å². The van der Waals surface area contributed by atoms with Crippen LogP contribution in [0.2, 0.25) is 0 Å². The first-order valence-electron chi connectivity index (χ1n) is 8.77. The largest absolute Gasteiger partial charge is 0.354 e. The van der Waals surface area contributed by atoms with Crippen LogP contribution < -0.4 is 10.6 Å². The highest BCUT2D eigenvalue weighted by molar-refractivity contribution is 7.11. The van der Waals surface area contributed by atoms with Crippen LogP contribution in [0.3, 0.4) is 0 Å². The number of hydrogen-bond acceptors (Lipinski definition) is 5. The summed E-state index contributed by atoms with van der Waals surface area (Å²) < 4.78 is 0. The molecule has 1 fully saturated rings. The van der Waals surface area contributed by atoms with Gasteiger partial charge in [0.25, 0.3) is 0 Å². The Morgan fingerprint density at radius 3 is 2.76 bits per heavy atom. The number of guanidine groups is 1. The number of likely N-dealkylation sites (tertiary alicyclic amines) is 1. The summed E-state index contributed by atoms with van der Waals surface area (Å²) in [6.45, 7) is 8.26. The van der Waals surface area contributed by atoms with E-state index in [1.807, 2.05) is 7.05 Å². The molecule has 0 aromatic carbocycles. The molecule has 2 N–H and O–H groups in total. The topological polar surface area (TPSA) is 52.6 Å². The van der Waals surface area contributed by atoms with Crippen LogP contribution >= 0.6 is 22.7 Å². The van der Waals surface area contributed by atoms with Crippen LogP contribution in [-0.4, -0.2) is 42.0 Å². The fourth-order valence-electron chi connectivity index (χ4n) is 3.17. The van der Waals surface area contributed by atoms with Gasteiger partial charge in [-0.25, -0.2) is 4.98 Å². The standard InChI is InChI=1S/C18H27N5S2/c1-13-17(25-14(2)21-13)10-20-18(19-3)22-16-4-7-23(8-5-16)11-15-6-9-24-12-15/h6,9,12,16H,4-5,7-8,10-11H2,1-3H3,(H2,19,20,22). The Kier molecular flexibility index (Phi) is 6.45. The Hall–Kier alpha value is -1.44. The molecule has 2 aromatic rings. The van der Waals surface area contributed by atoms with Crippen LogP contribution in [0.1, 0.15) is 34.0 Å². The van der Waals surface area contributed by atoms with Gasteiger partial charge in [-0.2, -0.15) is 11.3 Å². The van der Waals surface area contributed by atoms with Crippen molar-refractivity contribution in [2.45, 2.75) is 45.8 Å². The maximum Gasteiger partial charge on any atom is 0.191 e. The molecule has 0 amide bonds. The number of aromatic nitrogens is 1. The monoisotopic (exact) mass is 377 g/mol. The quantitative estimate of drug-likeness (QED) is 0.621. The van der Waals surface area contributed by atoms with Gasteiger partial charge in [0, 0.05) is 37.6 Å². The van der Waals surface area contributed by atoms with Crippen molar-refractivity contribution < 1.29 is 0 Å². The van der Waals surface area contributed by atoms with Crippen molar-refractivity contribution in [1.82, 2.24) is 20.5 Å². The fourth-order valence-corrected chi connectivity index (χ4v) is 4.70. The molecular formula is C18H27N5S2. The summed E-state index contributed by atoms with van der Waals surface area (Å²) in [7, 11) is 1.84. The molecule has 2 aromatic heterocycles. The van der Waals surface area contributed by atoms with Gasteiger partial charge in [0.15, 0.2) is 5.96 Å². The molecule has 0 aliphatic carbocycles. The van der Waals surface area contributed by atoms with Crippen molar-refractivity contribution in [3.05, 3.63) is 38.0 Å². The second-order valence-electron chi connectivity index (χ2n) is 6.49. The number of thiophene rings is 1. The Balaban J connectivity index is 1.43. The van der Waals surface area contributed by atoms with E-state index in [-0.39, 0.29) is 0 Å². The number of hydrogen-bond donors (Lipinski definition) is 2. The van der Waals surface area contributed by atoms with Crippen molar-refractivity contribution in [3.63, 3.8) is 0 Å². The zero-order valence-corrected chi connectivity index (χ0v) is 16.8. The molecule has 7 heteroatoms. The summed E-state index contributed by atoms with van der Waals surface area (Å²) in [6.07, 6.45) is 2.31. The number of aryl methyl sites for hydroxylation is 2. The second-order valence-corrected chi connectivity index (χ2v) is 8.56. The van der Waals surface area contributed by atoms with Gasteiger partial charge in [0.2, 0.25) is 0 Å². The zero-order valence-electron chi connectivity index (χ0n) is 15.2. The van der Waals surface area contributed by atoms with Crippen LogP contribution in [0.15, 0.2) is 21.8 Å². The fraction of sp³-hybridized carbons (Fsp3) is 0.556. The molecule has 5 nitrogen and oxygen atoms in total. The van der Waals surface area contributed by atoms with Crippen LogP contribution in [0.4, 0.5) is 0 Å². The Morgan fingerprint density at radius 2 is 2.16 bits per heavy atom. The molecule has 3 rings (SSSR count). The number of thiazole rings is 1. The molecule has 1 saturated heterocycles. The predicted octanol–water partition coefficient (Wildman–Crippen LogP) is 3.15. The number of piperidine rings is 1. The first kappa shape index (κ1) is 18.4. The number of nitrogens with one attached hydrogen (secondary N) is 2. The molecule has 136 valence electrons. The first-order valence-corrected chi connectivity index (χ1v) is 10.5. The van der Waals surface area contributed by atoms with Gasteiger partial charge in [0.05, 0.1) is 17.2 Å². The summed E-state index contributed by atoms with van der Waals surface area (Å²) in [5.41, 5.74) is 2.55. The Morgan fingerprint density at radius 1 is 1.36 bits per heavy atom. The number of aliphatic imine (C=N–C) groups is 1. The lowest BCUT2D eigenvalue weighted by molar-refractivity contribution is 0.198. The highest BCUT2D eigenvalue weighted by Gasteiger charge is 2.20. The van der Waals surface area contributed by atoms with Crippen molar-refractivity contribution >= 4 is 28.6 Å². The van der Waals surface area contributed by atoms with E-state index >= 15 is 0 Å². The number of rotatable bonds is 5. The number of nitrogens with zero attached hydrogens (tertiary/aromatic N) is 3. The van der Waals surface area contributed by atoms with Crippen LogP contribution in [0, 0.1) is 13.8 Å². The lowest BCUT2D eigenvalue weighted by Gasteiger charge is -2.32. The van der Waals surface area contributed by atoms with Gasteiger partial charge >= 0.3 is 0 Å². The summed E-state index contributed by atoms with van der Waals surface area (Å²) in [5, 5.41) is 12.5. The molecule has 0 unspecified atom stereocenters. The average molecular weight is 378 g/mol. The molecule has 0 saturated carbocycles. The van der Waals surface area contributed by atoms with E-state index in [1.165, 1.54) is 10.4 Å².